The Hall–Kier alpha value is -2.92. The molecule has 1 aliphatic rings. The Kier molecular flexibility index (Phi) is 9.35. The maximum absolute atomic E-state index is 11.3. The summed E-state index contributed by atoms with van der Waals surface area (Å²) in [4.78, 5) is 18.4. The van der Waals surface area contributed by atoms with Crippen molar-refractivity contribution in [2.45, 2.75) is 58.3 Å². The first-order valence-electron chi connectivity index (χ1n) is 13.4. The Balaban J connectivity index is 1.31. The summed E-state index contributed by atoms with van der Waals surface area (Å²) in [6.45, 7) is 5.37. The van der Waals surface area contributed by atoms with Gasteiger partial charge in [0.15, 0.2) is 0 Å². The number of carboxylic acid groups (broad SMARTS) is 1. The van der Waals surface area contributed by atoms with E-state index >= 15 is 0 Å². The van der Waals surface area contributed by atoms with Gasteiger partial charge in [-0.1, -0.05) is 29.8 Å². The third-order valence-corrected chi connectivity index (χ3v) is 7.82. The molecule has 0 bridgehead atoms. The van der Waals surface area contributed by atoms with E-state index in [4.69, 9.17) is 4.74 Å². The lowest BCUT2D eigenvalue weighted by molar-refractivity contribution is -0.137. The molecule has 2 heterocycles. The number of ether oxygens (including phenoxy) is 1. The number of hydrogen-bond acceptors (Lipinski definition) is 4. The van der Waals surface area contributed by atoms with E-state index in [9.17, 15) is 9.90 Å². The van der Waals surface area contributed by atoms with E-state index < -0.39 is 5.97 Å². The van der Waals surface area contributed by atoms with Crippen molar-refractivity contribution in [2.75, 3.05) is 26.7 Å². The zero-order chi connectivity index (χ0) is 25.3. The predicted octanol–water partition coefficient (Wildman–Crippen LogP) is 6.31. The molecule has 3 aromatic rings. The van der Waals surface area contributed by atoms with Crippen LogP contribution in [0.1, 0.15) is 55.2 Å². The molecule has 1 N–H and O–H groups in total. The van der Waals surface area contributed by atoms with Crippen molar-refractivity contribution < 1.29 is 14.6 Å². The van der Waals surface area contributed by atoms with E-state index in [0.717, 1.165) is 69.4 Å². The van der Waals surface area contributed by atoms with Crippen molar-refractivity contribution in [1.82, 2.24) is 9.88 Å². The number of fused-ring (bicyclic) bond motifs is 1. The Morgan fingerprint density at radius 3 is 2.67 bits per heavy atom. The summed E-state index contributed by atoms with van der Waals surface area (Å²) in [5.74, 6) is 1.24. The molecule has 0 saturated carbocycles. The smallest absolute Gasteiger partial charge is 0.303 e. The van der Waals surface area contributed by atoms with Crippen LogP contribution in [0.15, 0.2) is 54.7 Å². The van der Waals surface area contributed by atoms with Crippen LogP contribution in [0.4, 0.5) is 0 Å². The second-order valence-electron chi connectivity index (χ2n) is 10.4. The van der Waals surface area contributed by atoms with E-state index in [1.807, 2.05) is 18.3 Å². The summed E-state index contributed by atoms with van der Waals surface area (Å²) in [6.07, 6.45) is 9.64. The first-order chi connectivity index (χ1) is 17.5. The zero-order valence-corrected chi connectivity index (χ0v) is 21.8. The van der Waals surface area contributed by atoms with Crippen LogP contribution in [0.2, 0.25) is 0 Å². The number of rotatable bonds is 12. The number of hydrogen-bond donors (Lipinski definition) is 1. The minimum Gasteiger partial charge on any atom is -0.497 e. The molecule has 1 saturated heterocycles. The molecule has 1 fully saturated rings. The van der Waals surface area contributed by atoms with E-state index in [0.29, 0.717) is 11.8 Å². The van der Waals surface area contributed by atoms with Crippen molar-refractivity contribution in [3.05, 3.63) is 71.4 Å². The maximum Gasteiger partial charge on any atom is 0.303 e. The van der Waals surface area contributed by atoms with Crippen LogP contribution in [0.5, 0.6) is 5.75 Å². The average molecular weight is 489 g/mol. The Morgan fingerprint density at radius 1 is 1.06 bits per heavy atom. The van der Waals surface area contributed by atoms with Gasteiger partial charge in [-0.3, -0.25) is 9.78 Å². The maximum atomic E-state index is 11.3. The Morgan fingerprint density at radius 2 is 1.89 bits per heavy atom. The molecule has 0 aliphatic carbocycles. The fraction of sp³-hybridized carbons (Fsp3) is 0.484. The quantitative estimate of drug-likeness (QED) is 0.324. The number of pyridine rings is 1. The number of aryl methyl sites for hydroxylation is 3. The third kappa shape index (κ3) is 7.30. The van der Waals surface area contributed by atoms with E-state index in [2.05, 4.69) is 53.2 Å². The molecule has 5 nitrogen and oxygen atoms in total. The number of methoxy groups -OCH3 is 1. The fourth-order valence-corrected chi connectivity index (χ4v) is 5.72. The fourth-order valence-electron chi connectivity index (χ4n) is 5.72. The lowest BCUT2D eigenvalue weighted by Gasteiger charge is -2.39. The first kappa shape index (κ1) is 26.2. The van der Waals surface area contributed by atoms with Gasteiger partial charge in [0.2, 0.25) is 0 Å². The molecule has 2 atom stereocenters. The van der Waals surface area contributed by atoms with Gasteiger partial charge in [0.25, 0.3) is 0 Å². The summed E-state index contributed by atoms with van der Waals surface area (Å²) in [6, 6.07) is 17.0. The summed E-state index contributed by atoms with van der Waals surface area (Å²) in [5, 5.41) is 10.5. The molecule has 5 heteroatoms. The molecular formula is C31H40N2O3. The summed E-state index contributed by atoms with van der Waals surface area (Å²) >= 11 is 0. The minimum atomic E-state index is -0.678. The number of carbonyl (C=O) groups is 1. The van der Waals surface area contributed by atoms with Crippen LogP contribution < -0.4 is 4.74 Å². The topological polar surface area (TPSA) is 62.7 Å². The monoisotopic (exact) mass is 488 g/mol. The lowest BCUT2D eigenvalue weighted by atomic mass is 9.79. The van der Waals surface area contributed by atoms with E-state index in [1.54, 1.807) is 7.11 Å². The van der Waals surface area contributed by atoms with E-state index in [1.165, 1.54) is 28.5 Å². The predicted molar refractivity (Wildman–Crippen MR) is 146 cm³/mol. The number of likely N-dealkylation sites (tertiary alicyclic amines) is 1. The molecule has 2 unspecified atom stereocenters. The molecule has 192 valence electrons. The van der Waals surface area contributed by atoms with Crippen molar-refractivity contribution in [2.24, 2.45) is 11.8 Å². The van der Waals surface area contributed by atoms with Crippen LogP contribution in [0, 0.1) is 18.8 Å². The molecule has 1 aromatic heterocycles. The molecule has 2 aromatic carbocycles. The molecule has 1 aliphatic heterocycles. The highest BCUT2D eigenvalue weighted by molar-refractivity contribution is 5.83. The van der Waals surface area contributed by atoms with Crippen molar-refractivity contribution in [3.63, 3.8) is 0 Å². The van der Waals surface area contributed by atoms with Crippen LogP contribution in [-0.4, -0.2) is 47.7 Å². The normalized spacial score (nSPS) is 18.4. The first-order valence-corrected chi connectivity index (χ1v) is 13.4. The highest BCUT2D eigenvalue weighted by Gasteiger charge is 2.29. The number of piperidine rings is 1. The number of nitrogens with zero attached hydrogens (tertiary/aromatic N) is 2. The van der Waals surface area contributed by atoms with E-state index in [-0.39, 0.29) is 6.42 Å². The van der Waals surface area contributed by atoms with Crippen LogP contribution >= 0.6 is 0 Å². The van der Waals surface area contributed by atoms with Crippen molar-refractivity contribution in [1.29, 1.82) is 0 Å². The Bertz CT molecular complexity index is 1130. The molecule has 4 rings (SSSR count). The molecular weight excluding hydrogens is 448 g/mol. The standard InChI is InChI=1S/C31H40N2O3/c1-23-8-10-24(11-9-23)5-4-19-33-20-17-25(27(22-33)12-15-31(34)35)6-3-7-26-16-18-32-30-14-13-28(36-2)21-29(26)30/h8-11,13-14,16,18,21,25,27H,3-7,12,15,17,19-20,22H2,1-2H3,(H,34,35). The summed E-state index contributed by atoms with van der Waals surface area (Å²) < 4.78 is 5.42. The largest absolute Gasteiger partial charge is 0.497 e. The second kappa shape index (κ2) is 12.9. The van der Waals surface area contributed by atoms with Gasteiger partial charge >= 0.3 is 5.97 Å². The number of aromatic nitrogens is 1. The van der Waals surface area contributed by atoms with Gasteiger partial charge in [-0.25, -0.2) is 0 Å². The van der Waals surface area contributed by atoms with Gasteiger partial charge in [-0.2, -0.15) is 0 Å². The van der Waals surface area contributed by atoms with Gasteiger partial charge < -0.3 is 14.7 Å². The number of aliphatic carboxylic acids is 1. The average Bonchev–Trinajstić information content (AvgIpc) is 2.89. The van der Waals surface area contributed by atoms with Crippen LogP contribution in [0.3, 0.4) is 0 Å². The number of carboxylic acids is 1. The minimum absolute atomic E-state index is 0.271. The summed E-state index contributed by atoms with van der Waals surface area (Å²) in [5.41, 5.74) is 5.03. The van der Waals surface area contributed by atoms with Gasteiger partial charge in [-0.05, 0) is 112 Å². The molecule has 0 radical (unpaired) electrons. The van der Waals surface area contributed by atoms with Crippen LogP contribution in [-0.2, 0) is 17.6 Å². The lowest BCUT2D eigenvalue weighted by Crippen LogP contribution is -2.41. The van der Waals surface area contributed by atoms with Crippen molar-refractivity contribution in [3.8, 4) is 5.75 Å². The van der Waals surface area contributed by atoms with Gasteiger partial charge in [-0.15, -0.1) is 0 Å². The Labute approximate surface area is 215 Å². The highest BCUT2D eigenvalue weighted by atomic mass is 16.5. The second-order valence-corrected chi connectivity index (χ2v) is 10.4. The molecule has 0 amide bonds. The summed E-state index contributed by atoms with van der Waals surface area (Å²) in [7, 11) is 1.70. The van der Waals surface area contributed by atoms with Gasteiger partial charge in [0.1, 0.15) is 5.75 Å². The van der Waals surface area contributed by atoms with Crippen molar-refractivity contribution >= 4 is 16.9 Å². The highest BCUT2D eigenvalue weighted by Crippen LogP contribution is 2.32. The molecule has 36 heavy (non-hydrogen) atoms. The van der Waals surface area contributed by atoms with Gasteiger partial charge in [0, 0.05) is 24.5 Å². The number of benzene rings is 2. The van der Waals surface area contributed by atoms with Crippen LogP contribution in [0.25, 0.3) is 10.9 Å². The SMILES string of the molecule is COc1ccc2nccc(CCCC3CCN(CCCc4ccc(C)cc4)CC3CCC(=O)O)c2c1. The third-order valence-electron chi connectivity index (χ3n) is 7.82. The van der Waals surface area contributed by atoms with Gasteiger partial charge in [0.05, 0.1) is 12.6 Å². The molecule has 0 spiro atoms. The zero-order valence-electron chi connectivity index (χ0n) is 21.8.